The van der Waals surface area contributed by atoms with Gasteiger partial charge in [0.25, 0.3) is 0 Å². The molecule has 0 fully saturated rings. The Balaban J connectivity index is 2.16. The monoisotopic (exact) mass is 299 g/mol. The molecule has 2 nitrogen and oxygen atoms in total. The number of ether oxygens (including phenoxy) is 1. The van der Waals surface area contributed by atoms with E-state index in [4.69, 9.17) is 5.73 Å². The minimum Gasteiger partial charge on any atom is -0.435 e. The number of rotatable bonds is 5. The largest absolute Gasteiger partial charge is 0.435 e. The molecule has 0 aliphatic rings. The first-order valence-electron chi connectivity index (χ1n) is 6.20. The summed E-state index contributed by atoms with van der Waals surface area (Å²) >= 11 is 0. The van der Waals surface area contributed by atoms with Gasteiger partial charge >= 0.3 is 6.61 Å². The molecule has 0 aliphatic heterocycles. The van der Waals surface area contributed by atoms with Crippen LogP contribution in [0, 0.1) is 11.6 Å². The molecule has 0 spiro atoms. The van der Waals surface area contributed by atoms with E-state index in [0.29, 0.717) is 5.56 Å². The molecular weight excluding hydrogens is 286 g/mol. The van der Waals surface area contributed by atoms with E-state index in [9.17, 15) is 17.6 Å². The molecule has 2 rings (SSSR count). The maximum atomic E-state index is 13.6. The minimum absolute atomic E-state index is 0.0299. The lowest BCUT2D eigenvalue weighted by molar-refractivity contribution is -0.0499. The van der Waals surface area contributed by atoms with E-state index in [0.717, 1.165) is 18.2 Å². The van der Waals surface area contributed by atoms with Gasteiger partial charge in [0.15, 0.2) is 0 Å². The quantitative estimate of drug-likeness (QED) is 0.852. The maximum Gasteiger partial charge on any atom is 0.387 e. The average Bonchev–Trinajstić information content (AvgIpc) is 2.42. The fourth-order valence-electron chi connectivity index (χ4n) is 1.98. The molecule has 2 N–H and O–H groups in total. The average molecular weight is 299 g/mol. The Hall–Kier alpha value is -2.08. The van der Waals surface area contributed by atoms with Gasteiger partial charge in [-0.1, -0.05) is 12.1 Å². The van der Waals surface area contributed by atoms with Crippen molar-refractivity contribution in [1.29, 1.82) is 0 Å². The molecule has 112 valence electrons. The van der Waals surface area contributed by atoms with Crippen molar-refractivity contribution in [3.05, 3.63) is 65.2 Å². The van der Waals surface area contributed by atoms with Gasteiger partial charge in [0.05, 0.1) is 0 Å². The van der Waals surface area contributed by atoms with Crippen molar-refractivity contribution in [3.8, 4) is 5.75 Å². The van der Waals surface area contributed by atoms with E-state index in [1.807, 2.05) is 0 Å². The molecule has 0 radical (unpaired) electrons. The van der Waals surface area contributed by atoms with Crippen LogP contribution in [0.3, 0.4) is 0 Å². The smallest absolute Gasteiger partial charge is 0.387 e. The predicted octanol–water partition coefficient (Wildman–Crippen LogP) is 3.81. The Labute approximate surface area is 119 Å². The second kappa shape index (κ2) is 6.58. The third-order valence-electron chi connectivity index (χ3n) is 2.96. The Kier molecular flexibility index (Phi) is 4.80. The fraction of sp³-hybridized carbons (Fsp3) is 0.200. The molecule has 6 heteroatoms. The van der Waals surface area contributed by atoms with Gasteiger partial charge in [-0.15, -0.1) is 0 Å². The van der Waals surface area contributed by atoms with Gasteiger partial charge in [-0.2, -0.15) is 8.78 Å². The molecule has 0 aliphatic carbocycles. The number of halogens is 4. The predicted molar refractivity (Wildman–Crippen MR) is 70.1 cm³/mol. The lowest BCUT2D eigenvalue weighted by Crippen LogP contribution is -2.14. The van der Waals surface area contributed by atoms with Crippen molar-refractivity contribution in [2.75, 3.05) is 0 Å². The van der Waals surface area contributed by atoms with Crippen LogP contribution in [-0.2, 0) is 6.42 Å². The van der Waals surface area contributed by atoms with Crippen LogP contribution in [-0.4, -0.2) is 6.61 Å². The van der Waals surface area contributed by atoms with Crippen LogP contribution >= 0.6 is 0 Å². The van der Waals surface area contributed by atoms with E-state index < -0.39 is 24.3 Å². The van der Waals surface area contributed by atoms with Crippen molar-refractivity contribution in [1.82, 2.24) is 0 Å². The van der Waals surface area contributed by atoms with Crippen LogP contribution in [0.2, 0.25) is 0 Å². The van der Waals surface area contributed by atoms with Crippen molar-refractivity contribution in [2.45, 2.75) is 19.1 Å². The summed E-state index contributed by atoms with van der Waals surface area (Å²) in [4.78, 5) is 0. The summed E-state index contributed by atoms with van der Waals surface area (Å²) in [5.41, 5.74) is 6.54. The van der Waals surface area contributed by atoms with Gasteiger partial charge in [0.2, 0.25) is 0 Å². The maximum absolute atomic E-state index is 13.6. The van der Waals surface area contributed by atoms with Crippen molar-refractivity contribution in [3.63, 3.8) is 0 Å². The summed E-state index contributed by atoms with van der Waals surface area (Å²) in [7, 11) is 0. The van der Waals surface area contributed by atoms with Gasteiger partial charge < -0.3 is 10.5 Å². The first-order valence-corrected chi connectivity index (χ1v) is 6.20. The second-order valence-electron chi connectivity index (χ2n) is 4.50. The van der Waals surface area contributed by atoms with Crippen molar-refractivity contribution >= 4 is 0 Å². The molecule has 1 atom stereocenters. The van der Waals surface area contributed by atoms with Gasteiger partial charge in [-0.25, -0.2) is 8.78 Å². The zero-order valence-electron chi connectivity index (χ0n) is 10.9. The van der Waals surface area contributed by atoms with Gasteiger partial charge in [-0.05, 0) is 47.9 Å². The van der Waals surface area contributed by atoms with Crippen LogP contribution < -0.4 is 10.5 Å². The van der Waals surface area contributed by atoms with Crippen LogP contribution in [0.1, 0.15) is 17.2 Å². The molecule has 0 bridgehead atoms. The van der Waals surface area contributed by atoms with E-state index in [1.54, 1.807) is 6.07 Å². The van der Waals surface area contributed by atoms with Crippen LogP contribution in [0.4, 0.5) is 17.6 Å². The van der Waals surface area contributed by atoms with Gasteiger partial charge in [0.1, 0.15) is 17.4 Å². The number of benzene rings is 2. The zero-order chi connectivity index (χ0) is 15.4. The third kappa shape index (κ3) is 4.19. The number of hydrogen-bond donors (Lipinski definition) is 1. The molecule has 21 heavy (non-hydrogen) atoms. The number of hydrogen-bond acceptors (Lipinski definition) is 2. The number of nitrogens with two attached hydrogens (primary N) is 1. The lowest BCUT2D eigenvalue weighted by Gasteiger charge is -2.14. The van der Waals surface area contributed by atoms with E-state index >= 15 is 0 Å². The topological polar surface area (TPSA) is 35.2 Å². The van der Waals surface area contributed by atoms with Crippen LogP contribution in [0.15, 0.2) is 42.5 Å². The molecule has 0 saturated carbocycles. The highest BCUT2D eigenvalue weighted by Gasteiger charge is 2.13. The van der Waals surface area contributed by atoms with Gasteiger partial charge in [-0.3, -0.25) is 0 Å². The lowest BCUT2D eigenvalue weighted by atomic mass is 9.99. The normalized spacial score (nSPS) is 12.5. The second-order valence-corrected chi connectivity index (χ2v) is 4.50. The third-order valence-corrected chi connectivity index (χ3v) is 2.96. The van der Waals surface area contributed by atoms with E-state index in [2.05, 4.69) is 4.74 Å². The molecule has 2 aromatic rings. The summed E-state index contributed by atoms with van der Waals surface area (Å²) in [6.45, 7) is -2.93. The van der Waals surface area contributed by atoms with E-state index in [1.165, 1.54) is 18.2 Å². The number of alkyl halides is 2. The summed E-state index contributed by atoms with van der Waals surface area (Å²) in [5, 5.41) is 0. The highest BCUT2D eigenvalue weighted by atomic mass is 19.3. The summed E-state index contributed by atoms with van der Waals surface area (Å²) in [6, 6.07) is 8.28. The zero-order valence-corrected chi connectivity index (χ0v) is 10.9. The minimum atomic E-state index is -2.93. The SMILES string of the molecule is NC(Cc1cc(F)ccc1F)c1cccc(OC(F)F)c1. The summed E-state index contributed by atoms with van der Waals surface area (Å²) in [6.07, 6.45) is 0.0434. The van der Waals surface area contributed by atoms with Crippen molar-refractivity contribution < 1.29 is 22.3 Å². The summed E-state index contributed by atoms with van der Waals surface area (Å²) in [5.74, 6) is -1.15. The Morgan fingerprint density at radius 3 is 2.52 bits per heavy atom. The summed E-state index contributed by atoms with van der Waals surface area (Å²) < 4.78 is 55.2. The first kappa shape index (κ1) is 15.3. The Bertz CT molecular complexity index is 618. The molecular formula is C15H13F4NO. The van der Waals surface area contributed by atoms with Crippen LogP contribution in [0.5, 0.6) is 5.75 Å². The molecule has 0 aromatic heterocycles. The first-order chi connectivity index (χ1) is 9.95. The Morgan fingerprint density at radius 1 is 1.05 bits per heavy atom. The fourth-order valence-corrected chi connectivity index (χ4v) is 1.98. The molecule has 0 amide bonds. The van der Waals surface area contributed by atoms with E-state index in [-0.39, 0.29) is 17.7 Å². The van der Waals surface area contributed by atoms with Gasteiger partial charge in [0, 0.05) is 6.04 Å². The van der Waals surface area contributed by atoms with Crippen LogP contribution in [0.25, 0.3) is 0 Å². The molecule has 0 heterocycles. The molecule has 0 saturated heterocycles. The Morgan fingerprint density at radius 2 is 1.81 bits per heavy atom. The highest BCUT2D eigenvalue weighted by Crippen LogP contribution is 2.23. The van der Waals surface area contributed by atoms with Crippen molar-refractivity contribution in [2.24, 2.45) is 5.73 Å². The standard InChI is InChI=1S/C15H13F4NO/c16-11-4-5-13(17)10(6-11)8-14(20)9-2-1-3-12(7-9)21-15(18)19/h1-7,14-15H,8,20H2. The highest BCUT2D eigenvalue weighted by molar-refractivity contribution is 5.32. The molecule has 2 aromatic carbocycles. The molecule has 1 unspecified atom stereocenters.